The summed E-state index contributed by atoms with van der Waals surface area (Å²) in [5.74, 6) is 1.95. The minimum atomic E-state index is 0.564. The molecule has 26 heavy (non-hydrogen) atoms. The summed E-state index contributed by atoms with van der Waals surface area (Å²) in [6, 6.07) is 17.8. The van der Waals surface area contributed by atoms with Crippen molar-refractivity contribution < 1.29 is 9.47 Å². The number of rotatable bonds is 5. The zero-order valence-electron chi connectivity index (χ0n) is 14.3. The van der Waals surface area contributed by atoms with E-state index in [-0.39, 0.29) is 0 Å². The third kappa shape index (κ3) is 3.09. The molecule has 0 spiro atoms. The second kappa shape index (κ2) is 7.05. The van der Waals surface area contributed by atoms with E-state index in [1.54, 1.807) is 30.5 Å². The van der Waals surface area contributed by atoms with Crippen LogP contribution in [0.4, 0.5) is 0 Å². The molecule has 0 saturated carbocycles. The van der Waals surface area contributed by atoms with Gasteiger partial charge in [-0.2, -0.15) is 14.6 Å². The smallest absolute Gasteiger partial charge is 0.253 e. The molecule has 0 saturated heterocycles. The number of methoxy groups -OCH3 is 2. The van der Waals surface area contributed by atoms with E-state index in [1.165, 1.54) is 6.33 Å². The summed E-state index contributed by atoms with van der Waals surface area (Å²) in [7, 11) is 3.25. The van der Waals surface area contributed by atoms with Crippen LogP contribution in [0.3, 0.4) is 0 Å². The van der Waals surface area contributed by atoms with E-state index in [4.69, 9.17) is 9.47 Å². The molecule has 6 nitrogen and oxygen atoms in total. The van der Waals surface area contributed by atoms with E-state index in [0.29, 0.717) is 17.3 Å². The maximum atomic E-state index is 5.39. The molecule has 0 radical (unpaired) electrons. The molecule has 2 heterocycles. The standard InChI is InChI=1S/C19H16N4O2S/c1-24-16-9-8-14(10-17(16)25-2)26-18-11-15(13-6-4-3-5-7-13)22-19-20-12-21-23(18)19/h3-12H,1-2H3. The van der Waals surface area contributed by atoms with Crippen molar-refractivity contribution in [2.45, 2.75) is 9.92 Å². The molecule has 0 bridgehead atoms. The largest absolute Gasteiger partial charge is 0.493 e. The molecule has 0 aliphatic heterocycles. The first-order valence-corrected chi connectivity index (χ1v) is 8.76. The molecule has 0 fully saturated rings. The molecule has 7 heteroatoms. The molecular formula is C19H16N4O2S. The highest BCUT2D eigenvalue weighted by Gasteiger charge is 2.12. The first-order valence-electron chi connectivity index (χ1n) is 7.94. The maximum absolute atomic E-state index is 5.39. The van der Waals surface area contributed by atoms with Crippen molar-refractivity contribution in [2.24, 2.45) is 0 Å². The van der Waals surface area contributed by atoms with E-state index < -0.39 is 0 Å². The van der Waals surface area contributed by atoms with Crippen molar-refractivity contribution in [3.05, 3.63) is 60.9 Å². The van der Waals surface area contributed by atoms with Crippen LogP contribution in [0, 0.1) is 0 Å². The molecule has 2 aromatic heterocycles. The summed E-state index contributed by atoms with van der Waals surface area (Å²) in [6.07, 6.45) is 1.51. The topological polar surface area (TPSA) is 61.5 Å². The van der Waals surface area contributed by atoms with Crippen LogP contribution in [-0.4, -0.2) is 33.8 Å². The number of aromatic nitrogens is 4. The first-order chi connectivity index (χ1) is 12.8. The van der Waals surface area contributed by atoms with Crippen molar-refractivity contribution in [1.29, 1.82) is 0 Å². The van der Waals surface area contributed by atoms with Crippen molar-refractivity contribution >= 4 is 17.5 Å². The van der Waals surface area contributed by atoms with Crippen LogP contribution in [0.5, 0.6) is 11.5 Å². The van der Waals surface area contributed by atoms with Gasteiger partial charge < -0.3 is 9.47 Å². The van der Waals surface area contributed by atoms with E-state index in [9.17, 15) is 0 Å². The lowest BCUT2D eigenvalue weighted by atomic mass is 10.1. The van der Waals surface area contributed by atoms with Gasteiger partial charge in [0.15, 0.2) is 11.5 Å². The molecule has 0 N–H and O–H groups in total. The average Bonchev–Trinajstić information content (AvgIpc) is 3.17. The maximum Gasteiger partial charge on any atom is 0.253 e. The summed E-state index contributed by atoms with van der Waals surface area (Å²) >= 11 is 1.56. The van der Waals surface area contributed by atoms with Crippen LogP contribution in [0.25, 0.3) is 17.0 Å². The van der Waals surface area contributed by atoms with E-state index in [1.807, 2.05) is 54.6 Å². The average molecular weight is 364 g/mol. The summed E-state index contributed by atoms with van der Waals surface area (Å²) in [5, 5.41) is 5.21. The van der Waals surface area contributed by atoms with E-state index in [0.717, 1.165) is 21.2 Å². The fourth-order valence-electron chi connectivity index (χ4n) is 2.62. The number of hydrogen-bond donors (Lipinski definition) is 0. The number of nitrogens with zero attached hydrogens (tertiary/aromatic N) is 4. The van der Waals surface area contributed by atoms with Gasteiger partial charge in [0.25, 0.3) is 5.78 Å². The fourth-order valence-corrected chi connectivity index (χ4v) is 3.54. The van der Waals surface area contributed by atoms with Gasteiger partial charge in [0, 0.05) is 10.5 Å². The Balaban J connectivity index is 1.77. The number of ether oxygens (including phenoxy) is 2. The second-order valence-corrected chi connectivity index (χ2v) is 6.53. The lowest BCUT2D eigenvalue weighted by molar-refractivity contribution is 0.354. The highest BCUT2D eigenvalue weighted by Crippen LogP contribution is 2.36. The first kappa shape index (κ1) is 16.4. The summed E-state index contributed by atoms with van der Waals surface area (Å²) in [4.78, 5) is 9.86. The number of benzene rings is 2. The van der Waals surface area contributed by atoms with Gasteiger partial charge in [-0.15, -0.1) is 0 Å². The molecule has 0 aliphatic carbocycles. The Morgan fingerprint density at radius 2 is 1.73 bits per heavy atom. The minimum absolute atomic E-state index is 0.564. The summed E-state index contributed by atoms with van der Waals surface area (Å²) < 4.78 is 12.4. The Labute approximate surface area is 154 Å². The summed E-state index contributed by atoms with van der Waals surface area (Å²) in [6.45, 7) is 0. The van der Waals surface area contributed by atoms with Crippen molar-refractivity contribution in [1.82, 2.24) is 19.6 Å². The van der Waals surface area contributed by atoms with Crippen molar-refractivity contribution in [3.8, 4) is 22.8 Å². The molecule has 4 aromatic rings. The van der Waals surface area contributed by atoms with Gasteiger partial charge in [-0.3, -0.25) is 0 Å². The molecule has 2 aromatic carbocycles. The van der Waals surface area contributed by atoms with Crippen LogP contribution < -0.4 is 9.47 Å². The molecule has 0 unspecified atom stereocenters. The summed E-state index contributed by atoms with van der Waals surface area (Å²) in [5.41, 5.74) is 1.89. The Bertz CT molecular complexity index is 1050. The van der Waals surface area contributed by atoms with Crippen LogP contribution in [0.1, 0.15) is 0 Å². The molecule has 0 aliphatic rings. The van der Waals surface area contributed by atoms with Crippen molar-refractivity contribution in [3.63, 3.8) is 0 Å². The van der Waals surface area contributed by atoms with Crippen molar-refractivity contribution in [2.75, 3.05) is 14.2 Å². The zero-order chi connectivity index (χ0) is 17.9. The Morgan fingerprint density at radius 3 is 2.50 bits per heavy atom. The highest BCUT2D eigenvalue weighted by molar-refractivity contribution is 7.99. The zero-order valence-corrected chi connectivity index (χ0v) is 15.1. The van der Waals surface area contributed by atoms with Gasteiger partial charge in [-0.05, 0) is 24.3 Å². The molecular weight excluding hydrogens is 348 g/mol. The van der Waals surface area contributed by atoms with Gasteiger partial charge in [0.1, 0.15) is 11.4 Å². The van der Waals surface area contributed by atoms with Gasteiger partial charge in [0.05, 0.1) is 19.9 Å². The molecule has 0 atom stereocenters. The number of fused-ring (bicyclic) bond motifs is 1. The van der Waals surface area contributed by atoms with Gasteiger partial charge >= 0.3 is 0 Å². The minimum Gasteiger partial charge on any atom is -0.493 e. The fraction of sp³-hybridized carbons (Fsp3) is 0.105. The van der Waals surface area contributed by atoms with Gasteiger partial charge in [-0.1, -0.05) is 42.1 Å². The number of hydrogen-bond acceptors (Lipinski definition) is 6. The highest BCUT2D eigenvalue weighted by atomic mass is 32.2. The Morgan fingerprint density at radius 1 is 0.923 bits per heavy atom. The van der Waals surface area contributed by atoms with E-state index >= 15 is 0 Å². The van der Waals surface area contributed by atoms with Gasteiger partial charge in [-0.25, -0.2) is 4.98 Å². The predicted octanol–water partition coefficient (Wildman–Crippen LogP) is 3.96. The van der Waals surface area contributed by atoms with Crippen LogP contribution in [-0.2, 0) is 0 Å². The molecule has 4 rings (SSSR count). The van der Waals surface area contributed by atoms with Crippen LogP contribution >= 0.6 is 11.8 Å². The molecule has 130 valence electrons. The monoisotopic (exact) mass is 364 g/mol. The lowest BCUT2D eigenvalue weighted by Crippen LogP contribution is -1.98. The van der Waals surface area contributed by atoms with Crippen LogP contribution in [0.15, 0.2) is 70.8 Å². The third-order valence-electron chi connectivity index (χ3n) is 3.87. The second-order valence-electron chi connectivity index (χ2n) is 5.44. The third-order valence-corrected chi connectivity index (χ3v) is 4.86. The Kier molecular flexibility index (Phi) is 4.45. The Hall–Kier alpha value is -3.06. The quantitative estimate of drug-likeness (QED) is 0.500. The lowest BCUT2D eigenvalue weighted by Gasteiger charge is -2.10. The SMILES string of the molecule is COc1ccc(Sc2cc(-c3ccccc3)nc3ncnn23)cc1OC. The predicted molar refractivity (Wildman–Crippen MR) is 99.9 cm³/mol. The molecule has 0 amide bonds. The van der Waals surface area contributed by atoms with E-state index in [2.05, 4.69) is 15.1 Å². The van der Waals surface area contributed by atoms with Crippen LogP contribution in [0.2, 0.25) is 0 Å². The normalized spacial score (nSPS) is 10.8. The van der Waals surface area contributed by atoms with Gasteiger partial charge in [0.2, 0.25) is 0 Å².